The van der Waals surface area contributed by atoms with Crippen molar-refractivity contribution >= 4 is 17.2 Å². The predicted octanol–water partition coefficient (Wildman–Crippen LogP) is 2.27. The van der Waals surface area contributed by atoms with Gasteiger partial charge in [-0.25, -0.2) is 0 Å². The zero-order valence-electron chi connectivity index (χ0n) is 11.2. The van der Waals surface area contributed by atoms with Crippen molar-refractivity contribution in [1.29, 1.82) is 5.26 Å². The van der Waals surface area contributed by atoms with Crippen LogP contribution in [0.25, 0.3) is 0 Å². The van der Waals surface area contributed by atoms with E-state index in [4.69, 9.17) is 5.26 Å². The van der Waals surface area contributed by atoms with E-state index in [-0.39, 0.29) is 23.0 Å². The normalized spacial score (nSPS) is 15.7. The Bertz CT molecular complexity index is 584. The lowest BCUT2D eigenvalue weighted by atomic mass is 9.93. The molecule has 0 spiro atoms. The van der Waals surface area contributed by atoms with Crippen molar-refractivity contribution in [2.45, 2.75) is 19.8 Å². The Hall–Kier alpha value is -2.42. The average Bonchev–Trinajstić information content (AvgIpc) is 2.46. The topological polar surface area (TPSA) is 87.2 Å². The highest BCUT2D eigenvalue weighted by molar-refractivity contribution is 5.78. The largest absolute Gasteiger partial charge is 0.371 e. The lowest BCUT2D eigenvalue weighted by molar-refractivity contribution is -0.385. The Balaban J connectivity index is 2.19. The highest BCUT2D eigenvalue weighted by Crippen LogP contribution is 2.28. The fourth-order valence-corrected chi connectivity index (χ4v) is 2.51. The molecule has 6 heteroatoms. The molecule has 104 valence electrons. The molecule has 1 heterocycles. The number of hydrogen-bond donors (Lipinski definition) is 0. The number of hydrogen-bond acceptors (Lipinski definition) is 5. The summed E-state index contributed by atoms with van der Waals surface area (Å²) < 4.78 is 0. The second kappa shape index (κ2) is 5.70. The number of ketones is 1. The molecule has 0 amide bonds. The van der Waals surface area contributed by atoms with Crippen LogP contribution in [0.15, 0.2) is 18.2 Å². The van der Waals surface area contributed by atoms with Crippen molar-refractivity contribution in [3.05, 3.63) is 33.9 Å². The summed E-state index contributed by atoms with van der Waals surface area (Å²) in [5, 5.41) is 19.8. The first-order valence-corrected chi connectivity index (χ1v) is 6.47. The summed E-state index contributed by atoms with van der Waals surface area (Å²) in [7, 11) is 0. The zero-order valence-corrected chi connectivity index (χ0v) is 11.2. The van der Waals surface area contributed by atoms with E-state index in [0.29, 0.717) is 13.1 Å². The molecule has 1 aromatic rings. The van der Waals surface area contributed by atoms with Crippen molar-refractivity contribution in [1.82, 2.24) is 0 Å². The molecule has 0 N–H and O–H groups in total. The van der Waals surface area contributed by atoms with Crippen LogP contribution in [0.2, 0.25) is 0 Å². The van der Waals surface area contributed by atoms with Crippen molar-refractivity contribution in [2.24, 2.45) is 5.92 Å². The molecule has 20 heavy (non-hydrogen) atoms. The van der Waals surface area contributed by atoms with Crippen LogP contribution in [0, 0.1) is 27.4 Å². The number of nitro groups is 1. The first-order chi connectivity index (χ1) is 9.52. The number of nitro benzene ring substituents is 1. The maximum absolute atomic E-state index is 11.3. The Morgan fingerprint density at radius 1 is 1.45 bits per heavy atom. The summed E-state index contributed by atoms with van der Waals surface area (Å²) in [5.74, 6) is 0.301. The number of anilines is 1. The van der Waals surface area contributed by atoms with Gasteiger partial charge in [-0.2, -0.15) is 5.26 Å². The van der Waals surface area contributed by atoms with Crippen LogP contribution in [0.1, 0.15) is 25.3 Å². The Morgan fingerprint density at radius 3 is 2.60 bits per heavy atom. The second-order valence-corrected chi connectivity index (χ2v) is 4.94. The fourth-order valence-electron chi connectivity index (χ4n) is 2.51. The van der Waals surface area contributed by atoms with E-state index in [1.54, 1.807) is 13.0 Å². The molecule has 6 nitrogen and oxygen atoms in total. The molecule has 1 saturated heterocycles. The minimum atomic E-state index is -0.537. The van der Waals surface area contributed by atoms with Gasteiger partial charge in [-0.1, -0.05) is 0 Å². The van der Waals surface area contributed by atoms with E-state index in [1.807, 2.05) is 11.0 Å². The molecule has 0 radical (unpaired) electrons. The molecule has 0 aliphatic carbocycles. The average molecular weight is 273 g/mol. The van der Waals surface area contributed by atoms with E-state index in [2.05, 4.69) is 0 Å². The van der Waals surface area contributed by atoms with Crippen molar-refractivity contribution < 1.29 is 9.72 Å². The third-order valence-electron chi connectivity index (χ3n) is 3.73. The molecule has 0 aromatic heterocycles. The Kier molecular flexibility index (Phi) is 3.99. The Labute approximate surface area is 116 Å². The van der Waals surface area contributed by atoms with Crippen LogP contribution in [0.5, 0.6) is 0 Å². The van der Waals surface area contributed by atoms with Crippen molar-refractivity contribution in [2.75, 3.05) is 18.0 Å². The van der Waals surface area contributed by atoms with Gasteiger partial charge in [0.1, 0.15) is 17.4 Å². The highest BCUT2D eigenvalue weighted by atomic mass is 16.6. The van der Waals surface area contributed by atoms with Gasteiger partial charge in [0.2, 0.25) is 0 Å². The number of nitriles is 1. The van der Waals surface area contributed by atoms with E-state index in [0.717, 1.165) is 18.5 Å². The quantitative estimate of drug-likeness (QED) is 0.622. The zero-order chi connectivity index (χ0) is 14.7. The molecule has 1 fully saturated rings. The van der Waals surface area contributed by atoms with Gasteiger partial charge < -0.3 is 4.90 Å². The number of carbonyl (C=O) groups is 1. The third kappa shape index (κ3) is 2.77. The van der Waals surface area contributed by atoms with Gasteiger partial charge >= 0.3 is 0 Å². The second-order valence-electron chi connectivity index (χ2n) is 4.94. The van der Waals surface area contributed by atoms with Crippen molar-refractivity contribution in [3.63, 3.8) is 0 Å². The SMILES string of the molecule is CC(=O)C1CCN(c2ccc(C#N)c([N+](=O)[O-])c2)CC1. The highest BCUT2D eigenvalue weighted by Gasteiger charge is 2.24. The number of nitrogens with zero attached hydrogens (tertiary/aromatic N) is 3. The first-order valence-electron chi connectivity index (χ1n) is 6.47. The molecule has 1 aromatic carbocycles. The first kappa shape index (κ1) is 14.0. The summed E-state index contributed by atoms with van der Waals surface area (Å²) in [6, 6.07) is 6.46. The summed E-state index contributed by atoms with van der Waals surface area (Å²) in [5.41, 5.74) is 0.633. The third-order valence-corrected chi connectivity index (χ3v) is 3.73. The van der Waals surface area contributed by atoms with Crippen LogP contribution in [-0.2, 0) is 4.79 Å². The summed E-state index contributed by atoms with van der Waals surface area (Å²) in [4.78, 5) is 23.8. The van der Waals surface area contributed by atoms with Crippen LogP contribution >= 0.6 is 0 Å². The maximum atomic E-state index is 11.3. The van der Waals surface area contributed by atoms with Gasteiger partial charge in [-0.15, -0.1) is 0 Å². The van der Waals surface area contributed by atoms with Gasteiger partial charge in [-0.05, 0) is 31.9 Å². The van der Waals surface area contributed by atoms with Crippen LogP contribution in [-0.4, -0.2) is 23.8 Å². The molecule has 0 bridgehead atoms. The van der Waals surface area contributed by atoms with Gasteiger partial charge in [0.05, 0.1) is 4.92 Å². The standard InChI is InChI=1S/C14H15N3O3/c1-10(18)11-4-6-16(7-5-11)13-3-2-12(9-15)14(8-13)17(19)20/h2-3,8,11H,4-7H2,1H3. The number of Topliss-reactive ketones (excluding diaryl/α,β-unsaturated/α-hetero) is 1. The predicted molar refractivity (Wildman–Crippen MR) is 73.4 cm³/mol. The molecule has 0 atom stereocenters. The van der Waals surface area contributed by atoms with E-state index >= 15 is 0 Å². The number of benzene rings is 1. The summed E-state index contributed by atoms with van der Waals surface area (Å²) in [6.45, 7) is 3.01. The molecule has 0 saturated carbocycles. The van der Waals surface area contributed by atoms with E-state index in [9.17, 15) is 14.9 Å². The van der Waals surface area contributed by atoms with E-state index < -0.39 is 4.92 Å². The van der Waals surface area contributed by atoms with Gasteiger partial charge in [-0.3, -0.25) is 14.9 Å². The van der Waals surface area contributed by atoms with Crippen LogP contribution < -0.4 is 4.90 Å². The molecule has 1 aliphatic rings. The maximum Gasteiger partial charge on any atom is 0.289 e. The smallest absolute Gasteiger partial charge is 0.289 e. The van der Waals surface area contributed by atoms with Crippen LogP contribution in [0.4, 0.5) is 11.4 Å². The number of piperidine rings is 1. The lowest BCUT2D eigenvalue weighted by Gasteiger charge is -2.32. The molecule has 2 rings (SSSR count). The van der Waals surface area contributed by atoms with Gasteiger partial charge in [0, 0.05) is 30.8 Å². The molecular weight excluding hydrogens is 258 g/mol. The molecule has 0 unspecified atom stereocenters. The summed E-state index contributed by atoms with van der Waals surface area (Å²) in [6.07, 6.45) is 1.53. The van der Waals surface area contributed by atoms with Gasteiger partial charge in [0.25, 0.3) is 5.69 Å². The summed E-state index contributed by atoms with van der Waals surface area (Å²) >= 11 is 0. The van der Waals surface area contributed by atoms with E-state index in [1.165, 1.54) is 12.1 Å². The number of carbonyl (C=O) groups excluding carboxylic acids is 1. The van der Waals surface area contributed by atoms with Gasteiger partial charge in [0.15, 0.2) is 0 Å². The van der Waals surface area contributed by atoms with Crippen LogP contribution in [0.3, 0.4) is 0 Å². The van der Waals surface area contributed by atoms with Crippen molar-refractivity contribution in [3.8, 4) is 6.07 Å². The minimum absolute atomic E-state index is 0.0670. The Morgan fingerprint density at radius 2 is 2.10 bits per heavy atom. The monoisotopic (exact) mass is 273 g/mol. The lowest BCUT2D eigenvalue weighted by Crippen LogP contribution is -2.35. The number of rotatable bonds is 3. The molecular formula is C14H15N3O3. The fraction of sp³-hybridized carbons (Fsp3) is 0.429. The molecule has 1 aliphatic heterocycles. The minimum Gasteiger partial charge on any atom is -0.371 e.